The van der Waals surface area contributed by atoms with Crippen molar-refractivity contribution in [2.24, 2.45) is 0 Å². The zero-order chi connectivity index (χ0) is 6.10. The van der Waals surface area contributed by atoms with Gasteiger partial charge >= 0.3 is 0 Å². The van der Waals surface area contributed by atoms with E-state index >= 15 is 0 Å². The van der Waals surface area contributed by atoms with Gasteiger partial charge in [-0.15, -0.1) is 0 Å². The van der Waals surface area contributed by atoms with Gasteiger partial charge in [0, 0.05) is 17.5 Å². The van der Waals surface area contributed by atoms with Crippen LogP contribution in [0.4, 0.5) is 0 Å². The molecule has 2 nitrogen and oxygen atoms in total. The highest BCUT2D eigenvalue weighted by Gasteiger charge is 2.25. The van der Waals surface area contributed by atoms with Crippen LogP contribution in [0.1, 0.15) is 0 Å². The van der Waals surface area contributed by atoms with Crippen molar-refractivity contribution in [1.29, 1.82) is 0 Å². The van der Waals surface area contributed by atoms with Crippen LogP contribution in [0, 0.1) is 0 Å². The SMILES string of the molecule is C1OCC1NC1CSC1. The molecule has 0 aliphatic carbocycles. The Kier molecular flexibility index (Phi) is 1.66. The van der Waals surface area contributed by atoms with Crippen LogP contribution in [-0.2, 0) is 4.74 Å². The average molecular weight is 145 g/mol. The molecule has 0 unspecified atom stereocenters. The van der Waals surface area contributed by atoms with Crippen LogP contribution in [0.3, 0.4) is 0 Å². The fraction of sp³-hybridized carbons (Fsp3) is 1.00. The van der Waals surface area contributed by atoms with Gasteiger partial charge in [-0.1, -0.05) is 0 Å². The first kappa shape index (κ1) is 6.01. The molecule has 2 heterocycles. The minimum absolute atomic E-state index is 0.677. The molecular formula is C6H11NOS. The number of hydrogen-bond donors (Lipinski definition) is 1. The summed E-state index contributed by atoms with van der Waals surface area (Å²) in [7, 11) is 0. The summed E-state index contributed by atoms with van der Waals surface area (Å²) < 4.78 is 5.04. The summed E-state index contributed by atoms with van der Waals surface area (Å²) in [6.07, 6.45) is 0. The molecule has 1 N–H and O–H groups in total. The van der Waals surface area contributed by atoms with Crippen LogP contribution >= 0.6 is 11.8 Å². The van der Waals surface area contributed by atoms with E-state index in [0.29, 0.717) is 6.04 Å². The van der Waals surface area contributed by atoms with Crippen LogP contribution in [0.5, 0.6) is 0 Å². The molecule has 0 aromatic rings. The quantitative estimate of drug-likeness (QED) is 0.595. The fourth-order valence-electron chi connectivity index (χ4n) is 0.997. The number of thioether (sulfide) groups is 1. The zero-order valence-electron chi connectivity index (χ0n) is 5.30. The molecule has 3 heteroatoms. The summed E-state index contributed by atoms with van der Waals surface area (Å²) >= 11 is 2.02. The van der Waals surface area contributed by atoms with Crippen LogP contribution in [0.25, 0.3) is 0 Å². The molecule has 2 rings (SSSR count). The second-order valence-corrected chi connectivity index (χ2v) is 3.71. The lowest BCUT2D eigenvalue weighted by Crippen LogP contribution is -2.54. The largest absolute Gasteiger partial charge is 0.378 e. The van der Waals surface area contributed by atoms with Gasteiger partial charge in [-0.2, -0.15) is 11.8 Å². The van der Waals surface area contributed by atoms with Crippen molar-refractivity contribution >= 4 is 11.8 Å². The van der Waals surface area contributed by atoms with Crippen molar-refractivity contribution < 1.29 is 4.74 Å². The lowest BCUT2D eigenvalue weighted by atomic mass is 10.2. The Morgan fingerprint density at radius 2 is 2.00 bits per heavy atom. The summed E-state index contributed by atoms with van der Waals surface area (Å²) in [4.78, 5) is 0. The second kappa shape index (κ2) is 2.48. The molecule has 0 aromatic carbocycles. The van der Waals surface area contributed by atoms with E-state index in [9.17, 15) is 0 Å². The van der Waals surface area contributed by atoms with Crippen LogP contribution in [0.15, 0.2) is 0 Å². The Hall–Kier alpha value is 0.270. The molecule has 2 aliphatic rings. The van der Waals surface area contributed by atoms with Gasteiger partial charge in [-0.3, -0.25) is 0 Å². The topological polar surface area (TPSA) is 21.3 Å². The van der Waals surface area contributed by atoms with Crippen molar-refractivity contribution in [3.05, 3.63) is 0 Å². The van der Waals surface area contributed by atoms with Crippen molar-refractivity contribution in [2.75, 3.05) is 24.7 Å². The summed E-state index contributed by atoms with van der Waals surface area (Å²) in [6.45, 7) is 1.86. The highest BCUT2D eigenvalue weighted by atomic mass is 32.2. The van der Waals surface area contributed by atoms with Crippen LogP contribution < -0.4 is 5.32 Å². The summed E-state index contributed by atoms with van der Waals surface area (Å²) in [5, 5.41) is 3.51. The summed E-state index contributed by atoms with van der Waals surface area (Å²) in [6, 6.07) is 1.47. The zero-order valence-corrected chi connectivity index (χ0v) is 6.12. The smallest absolute Gasteiger partial charge is 0.0643 e. The van der Waals surface area contributed by atoms with E-state index in [1.54, 1.807) is 0 Å². The molecule has 2 saturated heterocycles. The predicted octanol–water partition coefficient (Wildman–Crippen LogP) is 0.0902. The van der Waals surface area contributed by atoms with Gasteiger partial charge in [-0.05, 0) is 0 Å². The molecular weight excluding hydrogens is 134 g/mol. The third-order valence-electron chi connectivity index (χ3n) is 1.75. The van der Waals surface area contributed by atoms with Gasteiger partial charge in [0.1, 0.15) is 0 Å². The van der Waals surface area contributed by atoms with Gasteiger partial charge in [0.15, 0.2) is 0 Å². The second-order valence-electron chi connectivity index (χ2n) is 2.64. The maximum Gasteiger partial charge on any atom is 0.0643 e. The highest BCUT2D eigenvalue weighted by Crippen LogP contribution is 2.18. The molecule has 0 aromatic heterocycles. The molecule has 0 radical (unpaired) electrons. The number of rotatable bonds is 2. The van der Waals surface area contributed by atoms with E-state index in [2.05, 4.69) is 5.32 Å². The molecule has 9 heavy (non-hydrogen) atoms. The first-order chi connectivity index (χ1) is 4.45. The van der Waals surface area contributed by atoms with Crippen molar-refractivity contribution in [2.45, 2.75) is 12.1 Å². The van der Waals surface area contributed by atoms with Gasteiger partial charge in [0.2, 0.25) is 0 Å². The van der Waals surface area contributed by atoms with E-state index < -0.39 is 0 Å². The molecule has 0 amide bonds. The Bertz CT molecular complexity index is 89.2. The number of hydrogen-bond acceptors (Lipinski definition) is 3. The van der Waals surface area contributed by atoms with E-state index in [1.807, 2.05) is 11.8 Å². The fourth-order valence-corrected chi connectivity index (χ4v) is 1.66. The normalized spacial score (nSPS) is 29.3. The van der Waals surface area contributed by atoms with Crippen LogP contribution in [0.2, 0.25) is 0 Å². The van der Waals surface area contributed by atoms with Crippen molar-refractivity contribution in [3.8, 4) is 0 Å². The molecule has 52 valence electrons. The monoisotopic (exact) mass is 145 g/mol. The summed E-state index contributed by atoms with van der Waals surface area (Å²) in [5.74, 6) is 2.60. The molecule has 0 atom stereocenters. The standard InChI is InChI=1S/C6H11NOS/c1-5(2-8-1)7-6-3-9-4-6/h5-7H,1-4H2. The predicted molar refractivity (Wildman–Crippen MR) is 38.9 cm³/mol. The highest BCUT2D eigenvalue weighted by molar-refractivity contribution is 8.00. The third kappa shape index (κ3) is 1.23. The van der Waals surface area contributed by atoms with Crippen molar-refractivity contribution in [1.82, 2.24) is 5.32 Å². The van der Waals surface area contributed by atoms with Gasteiger partial charge < -0.3 is 10.1 Å². The lowest BCUT2D eigenvalue weighted by molar-refractivity contribution is -0.00833. The molecule has 2 aliphatic heterocycles. The molecule has 2 fully saturated rings. The number of nitrogens with one attached hydrogen (secondary N) is 1. The molecule has 0 saturated carbocycles. The average Bonchev–Trinajstić information content (AvgIpc) is 1.57. The van der Waals surface area contributed by atoms with Crippen molar-refractivity contribution in [3.63, 3.8) is 0 Å². The third-order valence-corrected chi connectivity index (χ3v) is 3.02. The Balaban J connectivity index is 1.64. The van der Waals surface area contributed by atoms with E-state index in [1.165, 1.54) is 11.5 Å². The van der Waals surface area contributed by atoms with Gasteiger partial charge in [-0.25, -0.2) is 0 Å². The maximum atomic E-state index is 5.04. The van der Waals surface area contributed by atoms with Gasteiger partial charge in [0.05, 0.1) is 19.3 Å². The molecule has 0 bridgehead atoms. The lowest BCUT2D eigenvalue weighted by Gasteiger charge is -2.35. The van der Waals surface area contributed by atoms with Crippen LogP contribution in [-0.4, -0.2) is 36.8 Å². The number of ether oxygens (including phenoxy) is 1. The minimum Gasteiger partial charge on any atom is -0.378 e. The first-order valence-electron chi connectivity index (χ1n) is 3.37. The Morgan fingerprint density at radius 1 is 1.22 bits per heavy atom. The summed E-state index contributed by atoms with van der Waals surface area (Å²) in [5.41, 5.74) is 0. The Labute approximate surface area is 59.3 Å². The van der Waals surface area contributed by atoms with E-state index in [-0.39, 0.29) is 0 Å². The maximum absolute atomic E-state index is 5.04. The van der Waals surface area contributed by atoms with E-state index in [4.69, 9.17) is 4.74 Å². The van der Waals surface area contributed by atoms with E-state index in [0.717, 1.165) is 19.3 Å². The minimum atomic E-state index is 0.677. The Morgan fingerprint density at radius 3 is 2.33 bits per heavy atom. The van der Waals surface area contributed by atoms with Gasteiger partial charge in [0.25, 0.3) is 0 Å². The molecule has 0 spiro atoms. The first-order valence-corrected chi connectivity index (χ1v) is 4.52.